The second kappa shape index (κ2) is 27.6. The van der Waals surface area contributed by atoms with Gasteiger partial charge in [-0.3, -0.25) is 0 Å². The average molecular weight is 383 g/mol. The minimum absolute atomic E-state index is 0. The Bertz CT molecular complexity index is 81.2. The highest BCUT2D eigenvalue weighted by Gasteiger charge is 1.93. The van der Waals surface area contributed by atoms with Gasteiger partial charge in [0.1, 0.15) is 0 Å². The third-order valence-electron chi connectivity index (χ3n) is 2.37. The van der Waals surface area contributed by atoms with Gasteiger partial charge in [0.25, 0.3) is 0 Å². The van der Waals surface area contributed by atoms with Crippen LogP contribution in [0.4, 0.5) is 0 Å². The quantitative estimate of drug-likeness (QED) is 0.509. The molecule has 0 aromatic rings. The van der Waals surface area contributed by atoms with Crippen LogP contribution in [0.25, 0.3) is 0 Å². The third kappa shape index (κ3) is 24.7. The molecule has 1 saturated heterocycles. The summed E-state index contributed by atoms with van der Waals surface area (Å²) < 4.78 is 0. The van der Waals surface area contributed by atoms with Crippen LogP contribution in [0.5, 0.6) is 0 Å². The molecule has 1 aliphatic rings. The van der Waals surface area contributed by atoms with Gasteiger partial charge >= 0.3 is 0 Å². The van der Waals surface area contributed by atoms with E-state index in [0.29, 0.717) is 0 Å². The van der Waals surface area contributed by atoms with Crippen LogP contribution in [0.1, 0.15) is 12.8 Å². The summed E-state index contributed by atoms with van der Waals surface area (Å²) >= 11 is 0. The summed E-state index contributed by atoms with van der Waals surface area (Å²) in [7, 11) is 0. The average Bonchev–Trinajstić information content (AvgIpc) is 2.22. The molecule has 1 fully saturated rings. The molecule has 124 valence electrons. The molecule has 4 N–H and O–H groups in total. The first kappa shape index (κ1) is 32.3. The molecule has 4 nitrogen and oxygen atoms in total. The van der Waals surface area contributed by atoms with Crippen molar-refractivity contribution in [3.8, 4) is 0 Å². The van der Waals surface area contributed by atoms with E-state index in [1.807, 2.05) is 0 Å². The summed E-state index contributed by atoms with van der Waals surface area (Å²) in [6.07, 6.45) is 2.44. The number of hydrogen-bond donors (Lipinski definition) is 4. The maximum absolute atomic E-state index is 3.42. The lowest BCUT2D eigenvalue weighted by Crippen LogP contribution is -2.34. The zero-order valence-corrected chi connectivity index (χ0v) is 15.2. The van der Waals surface area contributed by atoms with Crippen molar-refractivity contribution < 1.29 is 0 Å². The van der Waals surface area contributed by atoms with Gasteiger partial charge < -0.3 is 21.3 Å². The Morgan fingerprint density at radius 1 is 0.316 bits per heavy atom. The highest BCUT2D eigenvalue weighted by atomic mass is 35.5. The predicted molar refractivity (Wildman–Crippen MR) is 97.0 cm³/mol. The Hall–Kier alpha value is 1.29. The van der Waals surface area contributed by atoms with Crippen molar-refractivity contribution >= 4 is 62.0 Å². The molecule has 0 atom stereocenters. The molecule has 19 heavy (non-hydrogen) atoms. The molecule has 0 aromatic carbocycles. The summed E-state index contributed by atoms with van der Waals surface area (Å²) in [6.45, 7) is 8.87. The van der Waals surface area contributed by atoms with Crippen LogP contribution in [0, 0.1) is 0 Å². The molecule has 0 saturated carbocycles. The summed E-state index contributed by atoms with van der Waals surface area (Å²) in [5, 5.41) is 13.7. The van der Waals surface area contributed by atoms with Crippen molar-refractivity contribution in [3.05, 3.63) is 0 Å². The third-order valence-corrected chi connectivity index (χ3v) is 2.37. The monoisotopic (exact) mass is 380 g/mol. The first-order valence-corrected chi connectivity index (χ1v) is 5.83. The van der Waals surface area contributed by atoms with Gasteiger partial charge in [0.2, 0.25) is 0 Å². The number of hydrogen-bond acceptors (Lipinski definition) is 4. The molecule has 1 heterocycles. The van der Waals surface area contributed by atoms with Gasteiger partial charge in [0.05, 0.1) is 0 Å². The molecule has 0 spiro atoms. The Morgan fingerprint density at radius 2 is 0.526 bits per heavy atom. The van der Waals surface area contributed by atoms with Crippen molar-refractivity contribution in [2.75, 3.05) is 52.4 Å². The largest absolute Gasteiger partial charge is 0.315 e. The highest BCUT2D eigenvalue weighted by Crippen LogP contribution is 1.76. The SMILES string of the molecule is C1CNCCNCCCNCCNC1.Cl.Cl.Cl.Cl.Cl. The topological polar surface area (TPSA) is 48.1 Å². The molecule has 0 amide bonds. The molecule has 0 bridgehead atoms. The minimum Gasteiger partial charge on any atom is -0.315 e. The standard InChI is InChI=1S/C10H24N4.5ClH/c1-3-11-7-9-13-5-2-6-14-10-8-12-4-1;;;;;/h11-14H,1-10H2;5*1H. The normalized spacial score (nSPS) is 17.7. The van der Waals surface area contributed by atoms with E-state index < -0.39 is 0 Å². The van der Waals surface area contributed by atoms with Crippen LogP contribution in [0.15, 0.2) is 0 Å². The fourth-order valence-electron chi connectivity index (χ4n) is 1.53. The summed E-state index contributed by atoms with van der Waals surface area (Å²) in [5.41, 5.74) is 0. The van der Waals surface area contributed by atoms with E-state index in [1.165, 1.54) is 12.8 Å². The zero-order valence-electron chi connectivity index (χ0n) is 11.1. The molecule has 1 aliphatic heterocycles. The van der Waals surface area contributed by atoms with E-state index in [1.54, 1.807) is 0 Å². The Labute approximate surface area is 148 Å². The van der Waals surface area contributed by atoms with Crippen molar-refractivity contribution in [2.24, 2.45) is 0 Å². The lowest BCUT2D eigenvalue weighted by molar-refractivity contribution is 0.530. The lowest BCUT2D eigenvalue weighted by atomic mass is 10.3. The molecule has 0 unspecified atom stereocenters. The fraction of sp³-hybridized carbons (Fsp3) is 1.00. The van der Waals surface area contributed by atoms with Crippen LogP contribution in [0.3, 0.4) is 0 Å². The van der Waals surface area contributed by atoms with Crippen LogP contribution >= 0.6 is 62.0 Å². The van der Waals surface area contributed by atoms with Crippen LogP contribution in [0.2, 0.25) is 0 Å². The zero-order chi connectivity index (χ0) is 9.90. The first-order valence-electron chi connectivity index (χ1n) is 5.83. The first-order chi connectivity index (χ1) is 7.00. The number of nitrogens with one attached hydrogen (secondary N) is 4. The van der Waals surface area contributed by atoms with Crippen LogP contribution in [-0.2, 0) is 0 Å². The molecule has 1 rings (SSSR count). The lowest BCUT2D eigenvalue weighted by Gasteiger charge is -2.10. The van der Waals surface area contributed by atoms with Gasteiger partial charge in [0, 0.05) is 26.2 Å². The van der Waals surface area contributed by atoms with Gasteiger partial charge in [-0.25, -0.2) is 0 Å². The van der Waals surface area contributed by atoms with Gasteiger partial charge in [0.15, 0.2) is 0 Å². The minimum atomic E-state index is 0. The Morgan fingerprint density at radius 3 is 0.737 bits per heavy atom. The molecular weight excluding hydrogens is 353 g/mol. The maximum Gasteiger partial charge on any atom is 0.00767 e. The van der Waals surface area contributed by atoms with Gasteiger partial charge in [-0.1, -0.05) is 0 Å². The van der Waals surface area contributed by atoms with Crippen LogP contribution < -0.4 is 21.3 Å². The molecular formula is C10H29Cl5N4. The fourth-order valence-corrected chi connectivity index (χ4v) is 1.53. The Kier molecular flexibility index (Phi) is 46.9. The number of halogens is 5. The van der Waals surface area contributed by atoms with Crippen molar-refractivity contribution in [1.29, 1.82) is 0 Å². The second-order valence-corrected chi connectivity index (χ2v) is 3.71. The van der Waals surface area contributed by atoms with E-state index in [9.17, 15) is 0 Å². The van der Waals surface area contributed by atoms with E-state index in [2.05, 4.69) is 21.3 Å². The van der Waals surface area contributed by atoms with E-state index in [4.69, 9.17) is 0 Å². The van der Waals surface area contributed by atoms with Gasteiger partial charge in [-0.05, 0) is 39.0 Å². The summed E-state index contributed by atoms with van der Waals surface area (Å²) in [6, 6.07) is 0. The van der Waals surface area contributed by atoms with Gasteiger partial charge in [-0.2, -0.15) is 0 Å². The molecule has 0 aliphatic carbocycles. The van der Waals surface area contributed by atoms with E-state index >= 15 is 0 Å². The van der Waals surface area contributed by atoms with E-state index in [0.717, 1.165) is 52.4 Å². The van der Waals surface area contributed by atoms with Gasteiger partial charge in [-0.15, -0.1) is 62.0 Å². The molecule has 0 aromatic heterocycles. The maximum atomic E-state index is 3.42. The van der Waals surface area contributed by atoms with Crippen molar-refractivity contribution in [2.45, 2.75) is 12.8 Å². The van der Waals surface area contributed by atoms with E-state index in [-0.39, 0.29) is 62.0 Å². The number of rotatable bonds is 0. The van der Waals surface area contributed by atoms with Crippen LogP contribution in [-0.4, -0.2) is 52.4 Å². The molecule has 0 radical (unpaired) electrons. The summed E-state index contributed by atoms with van der Waals surface area (Å²) in [4.78, 5) is 0. The smallest absolute Gasteiger partial charge is 0.00767 e. The summed E-state index contributed by atoms with van der Waals surface area (Å²) in [5.74, 6) is 0. The van der Waals surface area contributed by atoms with Crippen molar-refractivity contribution in [1.82, 2.24) is 21.3 Å². The Balaban J connectivity index is -0.000000131. The molecule has 9 heteroatoms. The second-order valence-electron chi connectivity index (χ2n) is 3.71. The highest BCUT2D eigenvalue weighted by molar-refractivity contribution is 5.86. The van der Waals surface area contributed by atoms with Crippen molar-refractivity contribution in [3.63, 3.8) is 0 Å². The predicted octanol–water partition coefficient (Wildman–Crippen LogP) is 1.25.